The number of anilines is 1. The summed E-state index contributed by atoms with van der Waals surface area (Å²) < 4.78 is 0. The van der Waals surface area contributed by atoms with Crippen molar-refractivity contribution in [3.63, 3.8) is 0 Å². The molecular weight excluding hydrogens is 178 g/mol. The van der Waals surface area contributed by atoms with Crippen LogP contribution < -0.4 is 5.73 Å². The molecule has 0 radical (unpaired) electrons. The van der Waals surface area contributed by atoms with E-state index in [4.69, 9.17) is 10.8 Å². The second kappa shape index (κ2) is 2.25. The van der Waals surface area contributed by atoms with Crippen molar-refractivity contribution in [2.24, 2.45) is 5.41 Å². The van der Waals surface area contributed by atoms with Crippen molar-refractivity contribution in [2.75, 3.05) is 12.3 Å². The third kappa shape index (κ3) is 0.817. The Bertz CT molecular complexity index is 371. The normalized spacial score (nSPS) is 38.6. The van der Waals surface area contributed by atoms with Gasteiger partial charge in [0.25, 0.3) is 0 Å². The summed E-state index contributed by atoms with van der Waals surface area (Å²) >= 11 is 0. The van der Waals surface area contributed by atoms with E-state index in [0.29, 0.717) is 12.4 Å². The van der Waals surface area contributed by atoms with Crippen LogP contribution in [0.5, 0.6) is 0 Å². The van der Waals surface area contributed by atoms with E-state index in [2.05, 4.69) is 9.97 Å². The van der Waals surface area contributed by atoms with Crippen molar-refractivity contribution in [2.45, 2.75) is 24.7 Å². The molecule has 14 heavy (non-hydrogen) atoms. The van der Waals surface area contributed by atoms with Gasteiger partial charge >= 0.3 is 0 Å². The van der Waals surface area contributed by atoms with Crippen molar-refractivity contribution < 1.29 is 5.11 Å². The Hall–Kier alpha value is -1.16. The molecule has 0 aliphatic heterocycles. The molecule has 0 spiro atoms. The summed E-state index contributed by atoms with van der Waals surface area (Å²) in [4.78, 5) is 8.52. The number of nitrogen functional groups attached to an aromatic ring is 1. The highest BCUT2D eigenvalue weighted by molar-refractivity contribution is 5.35. The fraction of sp³-hybridized carbons (Fsp3) is 0.600. The molecule has 4 rings (SSSR count). The summed E-state index contributed by atoms with van der Waals surface area (Å²) in [6.07, 6.45) is 4.80. The molecule has 2 bridgehead atoms. The van der Waals surface area contributed by atoms with Crippen LogP contribution in [0.3, 0.4) is 0 Å². The standard InChI is InChI=1S/C10H13N3O/c11-7-1-2-12-8(13-7)10-3-9(4-10,5-10)6-14/h1-2,14H,3-6H2,(H2,11,12,13). The first kappa shape index (κ1) is 8.17. The zero-order valence-electron chi connectivity index (χ0n) is 7.90. The molecule has 4 nitrogen and oxygen atoms in total. The van der Waals surface area contributed by atoms with Crippen LogP contribution in [0.4, 0.5) is 5.82 Å². The predicted octanol–water partition coefficient (Wildman–Crippen LogP) is 0.473. The van der Waals surface area contributed by atoms with Crippen LogP contribution in [0.2, 0.25) is 0 Å². The number of nitrogens with zero attached hydrogens (tertiary/aromatic N) is 2. The lowest BCUT2D eigenvalue weighted by Crippen LogP contribution is -2.66. The second-order valence-electron chi connectivity index (χ2n) is 4.77. The molecule has 3 aliphatic carbocycles. The maximum Gasteiger partial charge on any atom is 0.136 e. The Labute approximate surface area is 82.2 Å². The third-order valence-electron chi connectivity index (χ3n) is 3.63. The molecule has 1 aromatic heterocycles. The minimum atomic E-state index is 0.151. The van der Waals surface area contributed by atoms with E-state index >= 15 is 0 Å². The van der Waals surface area contributed by atoms with Crippen molar-refractivity contribution in [3.8, 4) is 0 Å². The van der Waals surface area contributed by atoms with Crippen molar-refractivity contribution in [1.29, 1.82) is 0 Å². The Morgan fingerprint density at radius 1 is 1.43 bits per heavy atom. The van der Waals surface area contributed by atoms with Crippen LogP contribution in [0.15, 0.2) is 12.3 Å². The average molecular weight is 191 g/mol. The van der Waals surface area contributed by atoms with Gasteiger partial charge in [0, 0.05) is 18.2 Å². The number of hydrogen-bond donors (Lipinski definition) is 2. The zero-order chi connectivity index (χ0) is 9.81. The number of aliphatic hydroxyl groups is 1. The molecule has 3 saturated carbocycles. The zero-order valence-corrected chi connectivity index (χ0v) is 7.90. The summed E-state index contributed by atoms with van der Waals surface area (Å²) in [6, 6.07) is 1.71. The molecule has 0 atom stereocenters. The average Bonchev–Trinajstić information content (AvgIpc) is 2.00. The number of nitrogens with two attached hydrogens (primary N) is 1. The summed E-state index contributed by atoms with van der Waals surface area (Å²) in [5.74, 6) is 1.41. The van der Waals surface area contributed by atoms with Gasteiger partial charge in [0.15, 0.2) is 0 Å². The molecule has 0 saturated heterocycles. The highest BCUT2D eigenvalue weighted by atomic mass is 16.3. The lowest BCUT2D eigenvalue weighted by molar-refractivity contribution is -0.171. The number of hydrogen-bond acceptors (Lipinski definition) is 4. The largest absolute Gasteiger partial charge is 0.396 e. The third-order valence-corrected chi connectivity index (χ3v) is 3.63. The fourth-order valence-electron chi connectivity index (χ4n) is 3.03. The topological polar surface area (TPSA) is 72.0 Å². The SMILES string of the molecule is Nc1ccnc(C23CC(CO)(C2)C3)n1. The van der Waals surface area contributed by atoms with Crippen molar-refractivity contribution >= 4 is 5.82 Å². The van der Waals surface area contributed by atoms with Crippen LogP contribution in [-0.4, -0.2) is 21.7 Å². The number of aliphatic hydroxyl groups excluding tert-OH is 1. The first-order chi connectivity index (χ1) is 6.68. The van der Waals surface area contributed by atoms with Crippen LogP contribution >= 0.6 is 0 Å². The first-order valence-electron chi connectivity index (χ1n) is 4.88. The summed E-state index contributed by atoms with van der Waals surface area (Å²) in [6.45, 7) is 0.303. The van der Waals surface area contributed by atoms with Gasteiger partial charge in [0.1, 0.15) is 11.6 Å². The lowest BCUT2D eigenvalue weighted by Gasteiger charge is -2.69. The molecule has 3 fully saturated rings. The van der Waals surface area contributed by atoms with Gasteiger partial charge in [0.05, 0.1) is 0 Å². The molecule has 74 valence electrons. The van der Waals surface area contributed by atoms with Crippen molar-refractivity contribution in [1.82, 2.24) is 9.97 Å². The molecule has 0 unspecified atom stereocenters. The summed E-state index contributed by atoms with van der Waals surface area (Å²) in [5, 5.41) is 9.13. The fourth-order valence-corrected chi connectivity index (χ4v) is 3.03. The van der Waals surface area contributed by atoms with Gasteiger partial charge in [-0.05, 0) is 30.7 Å². The maximum atomic E-state index is 9.13. The van der Waals surface area contributed by atoms with Gasteiger partial charge < -0.3 is 10.8 Å². The highest BCUT2D eigenvalue weighted by Gasteiger charge is 2.69. The van der Waals surface area contributed by atoms with E-state index in [1.165, 1.54) is 0 Å². The molecule has 1 aromatic rings. The maximum absolute atomic E-state index is 9.13. The van der Waals surface area contributed by atoms with E-state index in [-0.39, 0.29) is 10.8 Å². The van der Waals surface area contributed by atoms with Crippen LogP contribution in [0.1, 0.15) is 25.1 Å². The first-order valence-corrected chi connectivity index (χ1v) is 4.88. The second-order valence-corrected chi connectivity index (χ2v) is 4.77. The van der Waals surface area contributed by atoms with E-state index in [1.54, 1.807) is 12.3 Å². The van der Waals surface area contributed by atoms with Gasteiger partial charge in [-0.1, -0.05) is 0 Å². The summed E-state index contributed by atoms with van der Waals surface area (Å²) in [5.41, 5.74) is 5.97. The van der Waals surface area contributed by atoms with Gasteiger partial charge in [0.2, 0.25) is 0 Å². The molecule has 3 aliphatic rings. The molecule has 3 N–H and O–H groups in total. The Morgan fingerprint density at radius 3 is 2.71 bits per heavy atom. The Morgan fingerprint density at radius 2 is 2.14 bits per heavy atom. The van der Waals surface area contributed by atoms with E-state index < -0.39 is 0 Å². The van der Waals surface area contributed by atoms with Gasteiger partial charge in [-0.15, -0.1) is 0 Å². The monoisotopic (exact) mass is 191 g/mol. The van der Waals surface area contributed by atoms with Gasteiger partial charge in [-0.2, -0.15) is 0 Å². The smallest absolute Gasteiger partial charge is 0.136 e. The van der Waals surface area contributed by atoms with E-state index in [1.807, 2.05) is 0 Å². The molecule has 0 aromatic carbocycles. The van der Waals surface area contributed by atoms with E-state index in [9.17, 15) is 0 Å². The van der Waals surface area contributed by atoms with Crippen LogP contribution in [0.25, 0.3) is 0 Å². The van der Waals surface area contributed by atoms with Crippen LogP contribution in [0, 0.1) is 5.41 Å². The number of rotatable bonds is 2. The van der Waals surface area contributed by atoms with E-state index in [0.717, 1.165) is 25.1 Å². The molecule has 1 heterocycles. The van der Waals surface area contributed by atoms with Gasteiger partial charge in [-0.25, -0.2) is 9.97 Å². The Balaban J connectivity index is 1.87. The highest BCUT2D eigenvalue weighted by Crippen LogP contribution is 2.72. The van der Waals surface area contributed by atoms with Gasteiger partial charge in [-0.3, -0.25) is 0 Å². The van der Waals surface area contributed by atoms with Crippen LogP contribution in [-0.2, 0) is 5.41 Å². The minimum Gasteiger partial charge on any atom is -0.396 e. The molecular formula is C10H13N3O. The molecule has 0 amide bonds. The number of aromatic nitrogens is 2. The minimum absolute atomic E-state index is 0.151. The summed E-state index contributed by atoms with van der Waals surface area (Å²) in [7, 11) is 0. The van der Waals surface area contributed by atoms with Crippen molar-refractivity contribution in [3.05, 3.63) is 18.1 Å². The quantitative estimate of drug-likeness (QED) is 0.713. The molecule has 4 heteroatoms. The lowest BCUT2D eigenvalue weighted by atomic mass is 9.35. The Kier molecular flexibility index (Phi) is 1.32. The predicted molar refractivity (Wildman–Crippen MR) is 51.5 cm³/mol.